The fraction of sp³-hybridized carbons (Fsp3) is 0.556. The molecule has 4 nitrogen and oxygen atoms in total. The van der Waals surface area contributed by atoms with Gasteiger partial charge in [-0.1, -0.05) is 51.1 Å². The highest BCUT2D eigenvalue weighted by Crippen LogP contribution is 2.48. The van der Waals surface area contributed by atoms with Crippen LogP contribution in [0, 0.1) is 16.7 Å². The number of rotatable bonds is 3. The molecule has 1 saturated heterocycles. The second-order valence-electron chi connectivity index (χ2n) is 7.57. The van der Waals surface area contributed by atoms with Crippen molar-refractivity contribution in [1.29, 1.82) is 0 Å². The van der Waals surface area contributed by atoms with Crippen LogP contribution in [0.3, 0.4) is 0 Å². The van der Waals surface area contributed by atoms with Gasteiger partial charge >= 0.3 is 5.97 Å². The average molecular weight is 303 g/mol. The van der Waals surface area contributed by atoms with E-state index in [9.17, 15) is 14.7 Å². The minimum atomic E-state index is -1.06. The summed E-state index contributed by atoms with van der Waals surface area (Å²) in [5.41, 5.74) is -0.425. The third-order valence-electron chi connectivity index (χ3n) is 4.77. The van der Waals surface area contributed by atoms with Gasteiger partial charge in [0.1, 0.15) is 0 Å². The molecule has 1 unspecified atom stereocenters. The van der Waals surface area contributed by atoms with E-state index in [1.807, 2.05) is 58.0 Å². The van der Waals surface area contributed by atoms with Gasteiger partial charge in [0, 0.05) is 6.54 Å². The summed E-state index contributed by atoms with van der Waals surface area (Å²) >= 11 is 0. The maximum Gasteiger partial charge on any atom is 0.311 e. The molecule has 1 amide bonds. The molecule has 0 radical (unpaired) electrons. The minimum absolute atomic E-state index is 0.0613. The summed E-state index contributed by atoms with van der Waals surface area (Å²) in [5.74, 6) is -1.49. The number of nitrogens with zero attached hydrogens (tertiary/aromatic N) is 1. The number of carbonyl (C=O) groups is 2. The van der Waals surface area contributed by atoms with Crippen LogP contribution in [0.1, 0.15) is 46.2 Å². The van der Waals surface area contributed by atoms with Crippen LogP contribution in [0.25, 0.3) is 0 Å². The first-order valence-corrected chi connectivity index (χ1v) is 7.68. The summed E-state index contributed by atoms with van der Waals surface area (Å²) in [6, 6.07) is 9.62. The minimum Gasteiger partial charge on any atom is -0.481 e. The lowest BCUT2D eigenvalue weighted by molar-refractivity contribution is -0.154. The van der Waals surface area contributed by atoms with Gasteiger partial charge in [-0.3, -0.25) is 9.59 Å². The van der Waals surface area contributed by atoms with Crippen LogP contribution in [-0.4, -0.2) is 28.4 Å². The van der Waals surface area contributed by atoms with Crippen LogP contribution < -0.4 is 0 Å². The molecular formula is C18H25NO3. The largest absolute Gasteiger partial charge is 0.481 e. The number of amides is 1. The molecule has 120 valence electrons. The van der Waals surface area contributed by atoms with Gasteiger partial charge in [-0.25, -0.2) is 0 Å². The van der Waals surface area contributed by atoms with Crippen LogP contribution in [0.2, 0.25) is 0 Å². The molecular weight excluding hydrogens is 278 g/mol. The van der Waals surface area contributed by atoms with Crippen molar-refractivity contribution < 1.29 is 14.7 Å². The van der Waals surface area contributed by atoms with Gasteiger partial charge in [-0.05, 0) is 24.8 Å². The summed E-state index contributed by atoms with van der Waals surface area (Å²) in [7, 11) is 0. The van der Waals surface area contributed by atoms with E-state index in [4.69, 9.17) is 0 Å². The summed E-state index contributed by atoms with van der Waals surface area (Å²) in [6.07, 6.45) is 0. The number of carbonyl (C=O) groups excluding carboxylic acids is 1. The lowest BCUT2D eigenvalue weighted by atomic mass is 9.66. The van der Waals surface area contributed by atoms with Crippen molar-refractivity contribution in [1.82, 2.24) is 4.90 Å². The maximum atomic E-state index is 12.9. The summed E-state index contributed by atoms with van der Waals surface area (Å²) in [6.45, 7) is 9.72. The van der Waals surface area contributed by atoms with Gasteiger partial charge < -0.3 is 10.0 Å². The van der Waals surface area contributed by atoms with E-state index in [1.165, 1.54) is 0 Å². The predicted octanol–water partition coefficient (Wildman–Crippen LogP) is 3.34. The Morgan fingerprint density at radius 3 is 2.27 bits per heavy atom. The first kappa shape index (κ1) is 16.5. The third kappa shape index (κ3) is 2.62. The molecule has 4 heteroatoms. The van der Waals surface area contributed by atoms with Gasteiger partial charge in [-0.15, -0.1) is 0 Å². The number of benzene rings is 1. The molecule has 1 fully saturated rings. The van der Waals surface area contributed by atoms with E-state index in [1.54, 1.807) is 11.8 Å². The van der Waals surface area contributed by atoms with E-state index < -0.39 is 22.7 Å². The molecule has 1 heterocycles. The topological polar surface area (TPSA) is 57.6 Å². The molecule has 0 aliphatic carbocycles. The highest BCUT2D eigenvalue weighted by atomic mass is 16.4. The first-order valence-electron chi connectivity index (χ1n) is 7.68. The van der Waals surface area contributed by atoms with Crippen molar-refractivity contribution >= 4 is 11.9 Å². The van der Waals surface area contributed by atoms with Crippen LogP contribution in [0.4, 0.5) is 0 Å². The SMILES string of the molecule is C[C@H](c1ccccc1)N1C[C@](C)(C(=O)O)C(C(C)(C)C)C1=O. The molecule has 0 spiro atoms. The number of aliphatic carboxylic acids is 1. The van der Waals surface area contributed by atoms with E-state index in [0.29, 0.717) is 0 Å². The van der Waals surface area contributed by atoms with E-state index >= 15 is 0 Å². The Morgan fingerprint density at radius 2 is 1.86 bits per heavy atom. The van der Waals surface area contributed by atoms with Gasteiger partial charge in [-0.2, -0.15) is 0 Å². The monoisotopic (exact) mass is 303 g/mol. The number of carboxylic acid groups (broad SMARTS) is 1. The Bertz CT molecular complexity index is 576. The Labute approximate surface area is 132 Å². The van der Waals surface area contributed by atoms with Crippen molar-refractivity contribution in [3.05, 3.63) is 35.9 Å². The molecule has 0 saturated carbocycles. The molecule has 22 heavy (non-hydrogen) atoms. The van der Waals surface area contributed by atoms with Gasteiger partial charge in [0.15, 0.2) is 0 Å². The Morgan fingerprint density at radius 1 is 1.32 bits per heavy atom. The van der Waals surface area contributed by atoms with Gasteiger partial charge in [0.05, 0.1) is 17.4 Å². The number of likely N-dealkylation sites (tertiary alicyclic amines) is 1. The zero-order valence-electron chi connectivity index (χ0n) is 14.0. The highest BCUT2D eigenvalue weighted by molar-refractivity contribution is 5.91. The summed E-state index contributed by atoms with van der Waals surface area (Å²) in [4.78, 5) is 26.5. The Kier molecular flexibility index (Phi) is 4.07. The van der Waals surface area contributed by atoms with Crippen molar-refractivity contribution in [3.63, 3.8) is 0 Å². The second kappa shape index (κ2) is 5.41. The molecule has 3 atom stereocenters. The van der Waals surface area contributed by atoms with Crippen LogP contribution in [-0.2, 0) is 9.59 Å². The first-order chi connectivity index (χ1) is 10.1. The van der Waals surface area contributed by atoms with Crippen LogP contribution in [0.5, 0.6) is 0 Å². The molecule has 1 aliphatic rings. The van der Waals surface area contributed by atoms with Crippen LogP contribution in [0.15, 0.2) is 30.3 Å². The molecule has 1 aromatic rings. The quantitative estimate of drug-likeness (QED) is 0.931. The van der Waals surface area contributed by atoms with Crippen molar-refractivity contribution in [2.24, 2.45) is 16.7 Å². The smallest absolute Gasteiger partial charge is 0.311 e. The normalized spacial score (nSPS) is 27.0. The summed E-state index contributed by atoms with van der Waals surface area (Å²) in [5, 5.41) is 9.72. The van der Waals surface area contributed by atoms with E-state index in [-0.39, 0.29) is 18.5 Å². The van der Waals surface area contributed by atoms with Crippen molar-refractivity contribution in [2.45, 2.75) is 40.7 Å². The summed E-state index contributed by atoms with van der Waals surface area (Å²) < 4.78 is 0. The number of hydrogen-bond donors (Lipinski definition) is 1. The molecule has 1 aliphatic heterocycles. The lowest BCUT2D eigenvalue weighted by Crippen LogP contribution is -2.42. The number of hydrogen-bond acceptors (Lipinski definition) is 2. The standard InChI is InChI=1S/C18H25NO3/c1-12(13-9-7-6-8-10-13)19-11-18(5,16(21)22)14(15(19)20)17(2,3)4/h6-10,12,14H,11H2,1-5H3,(H,21,22)/t12-,14?,18+/m1/s1. The molecule has 0 bridgehead atoms. The second-order valence-corrected chi connectivity index (χ2v) is 7.57. The van der Waals surface area contributed by atoms with Crippen molar-refractivity contribution in [2.75, 3.05) is 6.54 Å². The lowest BCUT2D eigenvalue weighted by Gasteiger charge is -2.34. The van der Waals surface area contributed by atoms with Crippen molar-refractivity contribution in [3.8, 4) is 0 Å². The fourth-order valence-corrected chi connectivity index (χ4v) is 3.72. The number of carboxylic acids is 1. The Hall–Kier alpha value is -1.84. The highest BCUT2D eigenvalue weighted by Gasteiger charge is 2.59. The van der Waals surface area contributed by atoms with Crippen LogP contribution >= 0.6 is 0 Å². The van der Waals surface area contributed by atoms with Gasteiger partial charge in [0.2, 0.25) is 5.91 Å². The molecule has 2 rings (SSSR count). The Balaban J connectivity index is 2.41. The van der Waals surface area contributed by atoms with Gasteiger partial charge in [0.25, 0.3) is 0 Å². The molecule has 1 N–H and O–H groups in total. The van der Waals surface area contributed by atoms with E-state index in [2.05, 4.69) is 0 Å². The predicted molar refractivity (Wildman–Crippen MR) is 85.3 cm³/mol. The third-order valence-corrected chi connectivity index (χ3v) is 4.77. The molecule has 1 aromatic carbocycles. The van der Waals surface area contributed by atoms with E-state index in [0.717, 1.165) is 5.56 Å². The average Bonchev–Trinajstić information content (AvgIpc) is 2.71. The zero-order valence-corrected chi connectivity index (χ0v) is 14.0. The maximum absolute atomic E-state index is 12.9. The molecule has 0 aromatic heterocycles. The fourth-order valence-electron chi connectivity index (χ4n) is 3.72. The zero-order chi connectivity index (χ0) is 16.7.